The highest BCUT2D eigenvalue weighted by Gasteiger charge is 2.18. The number of rotatable bonds is 5. The largest absolute Gasteiger partial charge is 0.335 e. The molecule has 0 bridgehead atoms. The molecule has 3 nitrogen and oxygen atoms in total. The lowest BCUT2D eigenvalue weighted by molar-refractivity contribution is 0.0710. The molecule has 0 aromatic heterocycles. The van der Waals surface area contributed by atoms with Gasteiger partial charge in [-0.15, -0.1) is 11.8 Å². The maximum Gasteiger partial charge on any atom is 0.254 e. The van der Waals surface area contributed by atoms with E-state index >= 15 is 0 Å². The van der Waals surface area contributed by atoms with Crippen LogP contribution in [0.2, 0.25) is 0 Å². The van der Waals surface area contributed by atoms with Crippen molar-refractivity contribution in [1.82, 2.24) is 4.90 Å². The third-order valence-electron chi connectivity index (χ3n) is 2.69. The van der Waals surface area contributed by atoms with Crippen LogP contribution < -0.4 is 0 Å². The van der Waals surface area contributed by atoms with Gasteiger partial charge < -0.3 is 4.90 Å². The summed E-state index contributed by atoms with van der Waals surface area (Å²) in [5.74, 6) is -0.00657. The number of hydrogen-bond donors (Lipinski definition) is 0. The molecule has 0 aliphatic carbocycles. The van der Waals surface area contributed by atoms with Gasteiger partial charge in [0.15, 0.2) is 0 Å². The first kappa shape index (κ1) is 14.6. The molecule has 0 unspecified atom stereocenters. The van der Waals surface area contributed by atoms with Gasteiger partial charge in [0, 0.05) is 23.0 Å². The molecule has 1 amide bonds. The Morgan fingerprint density at radius 3 is 2.44 bits per heavy atom. The molecule has 0 radical (unpaired) electrons. The van der Waals surface area contributed by atoms with Crippen LogP contribution in [-0.4, -0.2) is 29.6 Å². The zero-order valence-electron chi connectivity index (χ0n) is 11.0. The quantitative estimate of drug-likeness (QED) is 0.766. The summed E-state index contributed by atoms with van der Waals surface area (Å²) < 4.78 is 0. The number of amides is 1. The molecule has 0 saturated heterocycles. The molecule has 0 fully saturated rings. The van der Waals surface area contributed by atoms with Crippen molar-refractivity contribution in [1.29, 1.82) is 5.26 Å². The maximum atomic E-state index is 12.3. The molecular weight excluding hydrogens is 244 g/mol. The normalized spacial score (nSPS) is 10.2. The summed E-state index contributed by atoms with van der Waals surface area (Å²) in [7, 11) is 0. The monoisotopic (exact) mass is 262 g/mol. The Balaban J connectivity index is 2.84. The molecule has 0 N–H and O–H groups in total. The summed E-state index contributed by atoms with van der Waals surface area (Å²) >= 11 is 1.65. The first-order chi connectivity index (χ1) is 8.60. The van der Waals surface area contributed by atoms with Gasteiger partial charge >= 0.3 is 0 Å². The lowest BCUT2D eigenvalue weighted by Gasteiger charge is -2.25. The van der Waals surface area contributed by atoms with Crippen molar-refractivity contribution in [2.24, 2.45) is 0 Å². The average Bonchev–Trinajstić information content (AvgIpc) is 2.38. The summed E-state index contributed by atoms with van der Waals surface area (Å²) in [6.07, 6.45) is 2.37. The van der Waals surface area contributed by atoms with Crippen LogP contribution >= 0.6 is 11.8 Å². The Kier molecular flexibility index (Phi) is 5.73. The first-order valence-electron chi connectivity index (χ1n) is 5.92. The van der Waals surface area contributed by atoms with E-state index in [9.17, 15) is 4.79 Å². The molecule has 0 heterocycles. The highest BCUT2D eigenvalue weighted by molar-refractivity contribution is 7.98. The lowest BCUT2D eigenvalue weighted by Crippen LogP contribution is -2.37. The zero-order chi connectivity index (χ0) is 13.5. The Morgan fingerprint density at radius 1 is 1.39 bits per heavy atom. The minimum Gasteiger partial charge on any atom is -0.335 e. The molecule has 4 heteroatoms. The average molecular weight is 262 g/mol. The Morgan fingerprint density at radius 2 is 2.00 bits per heavy atom. The summed E-state index contributed by atoms with van der Waals surface area (Å²) in [4.78, 5) is 15.2. The molecule has 0 spiro atoms. The van der Waals surface area contributed by atoms with E-state index in [2.05, 4.69) is 6.07 Å². The van der Waals surface area contributed by atoms with Gasteiger partial charge in [-0.05, 0) is 44.4 Å². The van der Waals surface area contributed by atoms with E-state index in [1.807, 2.05) is 44.4 Å². The van der Waals surface area contributed by atoms with Crippen LogP contribution in [0.3, 0.4) is 0 Å². The second-order valence-electron chi connectivity index (χ2n) is 4.23. The number of nitrogens with zero attached hydrogens (tertiary/aromatic N) is 2. The first-order valence-corrected chi connectivity index (χ1v) is 7.14. The van der Waals surface area contributed by atoms with Gasteiger partial charge in [0.2, 0.25) is 0 Å². The molecule has 0 aliphatic heterocycles. The van der Waals surface area contributed by atoms with E-state index in [0.717, 1.165) is 4.90 Å². The van der Waals surface area contributed by atoms with E-state index in [-0.39, 0.29) is 11.9 Å². The van der Waals surface area contributed by atoms with E-state index < -0.39 is 0 Å². The number of thioether (sulfide) groups is 1. The number of hydrogen-bond acceptors (Lipinski definition) is 3. The van der Waals surface area contributed by atoms with E-state index in [4.69, 9.17) is 5.26 Å². The molecule has 0 aliphatic rings. The Labute approximate surface area is 113 Å². The van der Waals surface area contributed by atoms with Gasteiger partial charge in [0.05, 0.1) is 12.5 Å². The molecular formula is C14H18N2OS. The molecule has 0 saturated carbocycles. The van der Waals surface area contributed by atoms with Crippen molar-refractivity contribution in [3.05, 3.63) is 29.8 Å². The summed E-state index contributed by atoms with van der Waals surface area (Å²) in [6.45, 7) is 4.41. The third kappa shape index (κ3) is 3.78. The van der Waals surface area contributed by atoms with Crippen LogP contribution in [0.1, 0.15) is 30.6 Å². The van der Waals surface area contributed by atoms with Gasteiger partial charge in [0.1, 0.15) is 0 Å². The van der Waals surface area contributed by atoms with Crippen LogP contribution in [0.15, 0.2) is 29.2 Å². The summed E-state index contributed by atoms with van der Waals surface area (Å²) in [5.41, 5.74) is 0.680. The Bertz CT molecular complexity index is 434. The lowest BCUT2D eigenvalue weighted by atomic mass is 10.1. The molecule has 1 aromatic rings. The molecule has 0 atom stereocenters. The van der Waals surface area contributed by atoms with Crippen LogP contribution in [0, 0.1) is 11.3 Å². The minimum absolute atomic E-state index is 0.00657. The molecule has 18 heavy (non-hydrogen) atoms. The van der Waals surface area contributed by atoms with Crippen molar-refractivity contribution < 1.29 is 4.79 Å². The summed E-state index contributed by atoms with van der Waals surface area (Å²) in [6, 6.07) is 9.76. The maximum absolute atomic E-state index is 12.3. The number of carbonyl (C=O) groups excluding carboxylic acids is 1. The van der Waals surface area contributed by atoms with Crippen LogP contribution in [0.5, 0.6) is 0 Å². The van der Waals surface area contributed by atoms with Gasteiger partial charge in [0.25, 0.3) is 5.91 Å². The molecule has 1 rings (SSSR count). The van der Waals surface area contributed by atoms with Gasteiger partial charge in [-0.2, -0.15) is 5.26 Å². The van der Waals surface area contributed by atoms with E-state index in [1.54, 1.807) is 16.7 Å². The van der Waals surface area contributed by atoms with Crippen molar-refractivity contribution in [2.75, 3.05) is 12.8 Å². The second-order valence-corrected chi connectivity index (χ2v) is 5.11. The number of nitriles is 1. The second kappa shape index (κ2) is 7.07. The fourth-order valence-corrected chi connectivity index (χ4v) is 2.07. The predicted octanol–water partition coefficient (Wildman–Crippen LogP) is 3.17. The highest BCUT2D eigenvalue weighted by Crippen LogP contribution is 2.16. The van der Waals surface area contributed by atoms with Crippen LogP contribution in [-0.2, 0) is 0 Å². The van der Waals surface area contributed by atoms with Crippen molar-refractivity contribution in [3.8, 4) is 6.07 Å². The highest BCUT2D eigenvalue weighted by atomic mass is 32.2. The smallest absolute Gasteiger partial charge is 0.254 e. The fourth-order valence-electron chi connectivity index (χ4n) is 1.66. The Hall–Kier alpha value is -1.47. The molecule has 1 aromatic carbocycles. The number of benzene rings is 1. The summed E-state index contributed by atoms with van der Waals surface area (Å²) in [5, 5.41) is 8.63. The third-order valence-corrected chi connectivity index (χ3v) is 3.43. The van der Waals surface area contributed by atoms with Gasteiger partial charge in [-0.1, -0.05) is 0 Å². The SMILES string of the molecule is CSc1ccc(C(=O)N(CCC#N)C(C)C)cc1. The predicted molar refractivity (Wildman–Crippen MR) is 74.6 cm³/mol. The van der Waals surface area contributed by atoms with Crippen molar-refractivity contribution in [2.45, 2.75) is 31.2 Å². The molecule has 96 valence electrons. The fraction of sp³-hybridized carbons (Fsp3) is 0.429. The van der Waals surface area contributed by atoms with Gasteiger partial charge in [-0.25, -0.2) is 0 Å². The van der Waals surface area contributed by atoms with Crippen molar-refractivity contribution in [3.63, 3.8) is 0 Å². The van der Waals surface area contributed by atoms with Crippen LogP contribution in [0.4, 0.5) is 0 Å². The minimum atomic E-state index is -0.00657. The van der Waals surface area contributed by atoms with E-state index in [0.29, 0.717) is 18.5 Å². The topological polar surface area (TPSA) is 44.1 Å². The standard InChI is InChI=1S/C14H18N2OS/c1-11(2)16(10-4-9-15)14(17)12-5-7-13(18-3)8-6-12/h5-8,11H,4,10H2,1-3H3. The van der Waals surface area contributed by atoms with Crippen LogP contribution in [0.25, 0.3) is 0 Å². The number of carbonyl (C=O) groups is 1. The van der Waals surface area contributed by atoms with Gasteiger partial charge in [-0.3, -0.25) is 4.79 Å². The van der Waals surface area contributed by atoms with Crippen molar-refractivity contribution >= 4 is 17.7 Å². The zero-order valence-corrected chi connectivity index (χ0v) is 11.8. The van der Waals surface area contributed by atoms with E-state index in [1.165, 1.54) is 0 Å².